The topological polar surface area (TPSA) is 64.7 Å². The lowest BCUT2D eigenvalue weighted by molar-refractivity contribution is -0.113. The number of nitrogens with two attached hydrogens (primary N) is 1. The Morgan fingerprint density at radius 1 is 1.13 bits per heavy atom. The molecule has 3 rings (SSSR count). The van der Waals surface area contributed by atoms with Gasteiger partial charge < -0.3 is 10.5 Å². The summed E-state index contributed by atoms with van der Waals surface area (Å²) in [4.78, 5) is 15.8. The number of carbonyl (C=O) groups excluding carboxylic acids is 1. The van der Waals surface area contributed by atoms with E-state index in [0.29, 0.717) is 11.5 Å². The molecule has 0 aromatic heterocycles. The van der Waals surface area contributed by atoms with Gasteiger partial charge in [0.25, 0.3) is 5.91 Å². The largest absolute Gasteiger partial charge is 0.489 e. The fraction of sp³-hybridized carbons (Fsp3) is 0.0588. The number of nitrogens with zero attached hydrogens (tertiary/aromatic N) is 1. The van der Waals surface area contributed by atoms with E-state index in [1.54, 1.807) is 6.08 Å². The van der Waals surface area contributed by atoms with Gasteiger partial charge in [0.05, 0.1) is 4.91 Å². The van der Waals surface area contributed by atoms with Gasteiger partial charge in [0.2, 0.25) is 0 Å². The van der Waals surface area contributed by atoms with E-state index in [4.69, 9.17) is 10.5 Å². The number of carbonyl (C=O) groups is 1. The second-order valence-electron chi connectivity index (χ2n) is 4.85. The van der Waals surface area contributed by atoms with E-state index < -0.39 is 0 Å². The van der Waals surface area contributed by atoms with E-state index in [0.717, 1.165) is 21.3 Å². The average molecular weight is 389 g/mol. The van der Waals surface area contributed by atoms with E-state index in [9.17, 15) is 4.79 Å². The Kier molecular flexibility index (Phi) is 4.83. The molecule has 1 aliphatic heterocycles. The quantitative estimate of drug-likeness (QED) is 0.805. The smallest absolute Gasteiger partial charge is 0.286 e. The van der Waals surface area contributed by atoms with E-state index in [2.05, 4.69) is 20.9 Å². The van der Waals surface area contributed by atoms with Crippen LogP contribution in [0.25, 0.3) is 6.08 Å². The van der Waals surface area contributed by atoms with Crippen LogP contribution < -0.4 is 10.5 Å². The van der Waals surface area contributed by atoms with Crippen molar-refractivity contribution in [2.75, 3.05) is 0 Å². The van der Waals surface area contributed by atoms with Crippen LogP contribution in [0.1, 0.15) is 11.1 Å². The molecule has 6 heteroatoms. The lowest BCUT2D eigenvalue weighted by atomic mass is 10.2. The van der Waals surface area contributed by atoms with Gasteiger partial charge >= 0.3 is 0 Å². The Morgan fingerprint density at radius 3 is 2.43 bits per heavy atom. The van der Waals surface area contributed by atoms with Crippen molar-refractivity contribution in [2.45, 2.75) is 6.61 Å². The van der Waals surface area contributed by atoms with Gasteiger partial charge in [-0.3, -0.25) is 4.79 Å². The molecule has 2 aromatic carbocycles. The summed E-state index contributed by atoms with van der Waals surface area (Å²) in [5, 5.41) is 0.288. The number of aliphatic imine (C=N–C) groups is 1. The molecule has 23 heavy (non-hydrogen) atoms. The standard InChI is InChI=1S/C17H13BrN2O2S/c18-13-5-1-12(2-6-13)10-22-14-7-3-11(4-8-14)9-15-16(21)20-17(19)23-15/h1-9H,10H2,(H2,19,20,21)/b15-9-. The maximum absolute atomic E-state index is 11.6. The first-order chi connectivity index (χ1) is 11.1. The number of amidine groups is 1. The molecular weight excluding hydrogens is 376 g/mol. The number of hydrogen-bond donors (Lipinski definition) is 1. The molecule has 116 valence electrons. The van der Waals surface area contributed by atoms with Crippen LogP contribution in [-0.2, 0) is 11.4 Å². The van der Waals surface area contributed by atoms with Crippen LogP contribution in [0.5, 0.6) is 5.75 Å². The fourth-order valence-corrected chi connectivity index (χ4v) is 2.93. The van der Waals surface area contributed by atoms with Gasteiger partial charge in [-0.15, -0.1) is 0 Å². The summed E-state index contributed by atoms with van der Waals surface area (Å²) in [6.07, 6.45) is 1.77. The third kappa shape index (κ3) is 4.24. The van der Waals surface area contributed by atoms with Crippen molar-refractivity contribution in [2.24, 2.45) is 10.7 Å². The molecule has 0 spiro atoms. The number of halogens is 1. The minimum absolute atomic E-state index is 0.288. The first kappa shape index (κ1) is 15.8. The molecule has 1 heterocycles. The highest BCUT2D eigenvalue weighted by Gasteiger charge is 2.19. The molecule has 0 fully saturated rings. The molecule has 0 radical (unpaired) electrons. The molecular formula is C17H13BrN2O2S. The van der Waals surface area contributed by atoms with E-state index in [1.165, 1.54) is 11.8 Å². The first-order valence-electron chi connectivity index (χ1n) is 6.85. The summed E-state index contributed by atoms with van der Waals surface area (Å²) in [7, 11) is 0. The first-order valence-corrected chi connectivity index (χ1v) is 8.46. The van der Waals surface area contributed by atoms with Crippen LogP contribution in [0.4, 0.5) is 0 Å². The average Bonchev–Trinajstić information content (AvgIpc) is 2.86. The number of thioether (sulfide) groups is 1. The zero-order valence-corrected chi connectivity index (χ0v) is 14.4. The molecule has 2 aromatic rings. The summed E-state index contributed by atoms with van der Waals surface area (Å²) in [5.74, 6) is 0.485. The molecule has 0 saturated carbocycles. The van der Waals surface area contributed by atoms with E-state index in [-0.39, 0.29) is 11.1 Å². The summed E-state index contributed by atoms with van der Waals surface area (Å²) < 4.78 is 6.79. The summed E-state index contributed by atoms with van der Waals surface area (Å²) in [6.45, 7) is 0.506. The van der Waals surface area contributed by atoms with Crippen LogP contribution in [0.15, 0.2) is 62.9 Å². The Labute approximate surface area is 146 Å². The number of ether oxygens (including phenoxy) is 1. The second kappa shape index (κ2) is 7.02. The zero-order valence-electron chi connectivity index (χ0n) is 12.0. The second-order valence-corrected chi connectivity index (χ2v) is 6.83. The van der Waals surface area contributed by atoms with Crippen LogP contribution in [0.3, 0.4) is 0 Å². The third-order valence-electron chi connectivity index (χ3n) is 3.13. The molecule has 1 aliphatic rings. The van der Waals surface area contributed by atoms with Crippen molar-refractivity contribution in [3.05, 3.63) is 69.0 Å². The maximum atomic E-state index is 11.6. The maximum Gasteiger partial charge on any atom is 0.286 e. The molecule has 4 nitrogen and oxygen atoms in total. The van der Waals surface area contributed by atoms with Crippen molar-refractivity contribution in [3.63, 3.8) is 0 Å². The summed E-state index contributed by atoms with van der Waals surface area (Å²) >= 11 is 4.59. The van der Waals surface area contributed by atoms with Gasteiger partial charge in [-0.25, -0.2) is 0 Å². The third-order valence-corrected chi connectivity index (χ3v) is 4.48. The Bertz CT molecular complexity index is 783. The zero-order chi connectivity index (χ0) is 16.2. The van der Waals surface area contributed by atoms with Gasteiger partial charge in [0.1, 0.15) is 12.4 Å². The SMILES string of the molecule is NC1=NC(=O)/C(=C/c2ccc(OCc3ccc(Br)cc3)cc2)S1. The highest BCUT2D eigenvalue weighted by molar-refractivity contribution is 9.10. The van der Waals surface area contributed by atoms with Crippen molar-refractivity contribution in [1.29, 1.82) is 0 Å². The number of benzene rings is 2. The van der Waals surface area contributed by atoms with E-state index in [1.807, 2.05) is 48.5 Å². The highest BCUT2D eigenvalue weighted by Crippen LogP contribution is 2.27. The van der Waals surface area contributed by atoms with Crippen molar-refractivity contribution >= 4 is 44.8 Å². The number of hydrogen-bond acceptors (Lipinski definition) is 4. The van der Waals surface area contributed by atoms with Crippen LogP contribution in [0, 0.1) is 0 Å². The number of rotatable bonds is 4. The molecule has 0 saturated heterocycles. The number of amides is 1. The van der Waals surface area contributed by atoms with Gasteiger partial charge in [0.15, 0.2) is 5.17 Å². The van der Waals surface area contributed by atoms with Crippen LogP contribution in [0.2, 0.25) is 0 Å². The van der Waals surface area contributed by atoms with Gasteiger partial charge in [-0.2, -0.15) is 4.99 Å². The summed E-state index contributed by atoms with van der Waals surface area (Å²) in [6, 6.07) is 15.5. The molecule has 0 unspecified atom stereocenters. The predicted octanol–water partition coefficient (Wildman–Crippen LogP) is 3.96. The van der Waals surface area contributed by atoms with Crippen LogP contribution in [-0.4, -0.2) is 11.1 Å². The molecule has 1 amide bonds. The molecule has 0 atom stereocenters. The van der Waals surface area contributed by atoms with Crippen molar-refractivity contribution < 1.29 is 9.53 Å². The Morgan fingerprint density at radius 2 is 1.83 bits per heavy atom. The fourth-order valence-electron chi connectivity index (χ4n) is 1.98. The van der Waals surface area contributed by atoms with E-state index >= 15 is 0 Å². The molecule has 0 aliphatic carbocycles. The van der Waals surface area contributed by atoms with Crippen LogP contribution >= 0.6 is 27.7 Å². The normalized spacial score (nSPS) is 15.8. The van der Waals surface area contributed by atoms with Crippen molar-refractivity contribution in [1.82, 2.24) is 0 Å². The monoisotopic (exact) mass is 388 g/mol. The minimum Gasteiger partial charge on any atom is -0.489 e. The van der Waals surface area contributed by atoms with Gasteiger partial charge in [0, 0.05) is 4.47 Å². The van der Waals surface area contributed by atoms with Crippen molar-refractivity contribution in [3.8, 4) is 5.75 Å². The molecule has 0 bridgehead atoms. The Hall–Kier alpha value is -2.05. The van der Waals surface area contributed by atoms with Gasteiger partial charge in [-0.1, -0.05) is 40.2 Å². The predicted molar refractivity (Wildman–Crippen MR) is 97.1 cm³/mol. The summed E-state index contributed by atoms with van der Waals surface area (Å²) in [5.41, 5.74) is 7.53. The highest BCUT2D eigenvalue weighted by atomic mass is 79.9. The minimum atomic E-state index is -0.289. The lowest BCUT2D eigenvalue weighted by Crippen LogP contribution is -2.01. The van der Waals surface area contributed by atoms with Gasteiger partial charge in [-0.05, 0) is 53.2 Å². The Balaban J connectivity index is 1.62. The molecule has 2 N–H and O–H groups in total. The lowest BCUT2D eigenvalue weighted by Gasteiger charge is -2.07.